The maximum absolute atomic E-state index is 6.12. The summed E-state index contributed by atoms with van der Waals surface area (Å²) in [5.41, 5.74) is 8.39. The third-order valence-electron chi connectivity index (χ3n) is 4.14. The minimum absolute atomic E-state index is 0.656. The van der Waals surface area contributed by atoms with Crippen LogP contribution in [0.1, 0.15) is 26.2 Å². The first-order chi connectivity index (χ1) is 9.79. The zero-order valence-corrected chi connectivity index (χ0v) is 12.7. The molecule has 0 amide bonds. The minimum atomic E-state index is 0.656. The zero-order chi connectivity index (χ0) is 13.9. The number of anilines is 2. The fraction of sp³-hybridized carbons (Fsp3) is 0.438. The lowest BCUT2D eigenvalue weighted by molar-refractivity contribution is 0.319. The molecule has 1 fully saturated rings. The van der Waals surface area contributed by atoms with E-state index >= 15 is 0 Å². The van der Waals surface area contributed by atoms with Crippen LogP contribution in [0.15, 0.2) is 30.3 Å². The predicted molar refractivity (Wildman–Crippen MR) is 87.2 cm³/mol. The average Bonchev–Trinajstić information content (AvgIpc) is 2.81. The Bertz CT molecular complexity index is 560. The van der Waals surface area contributed by atoms with Crippen LogP contribution < -0.4 is 10.6 Å². The molecule has 0 spiro atoms. The summed E-state index contributed by atoms with van der Waals surface area (Å²) in [7, 11) is 0. The van der Waals surface area contributed by atoms with Crippen LogP contribution in [0.5, 0.6) is 0 Å². The summed E-state index contributed by atoms with van der Waals surface area (Å²) >= 11 is 1.53. The summed E-state index contributed by atoms with van der Waals surface area (Å²) in [5, 5.41) is 1.23. The van der Waals surface area contributed by atoms with Crippen LogP contribution in [0, 0.1) is 5.92 Å². The highest BCUT2D eigenvalue weighted by Gasteiger charge is 2.24. The van der Waals surface area contributed by atoms with Gasteiger partial charge in [0.25, 0.3) is 0 Å². The summed E-state index contributed by atoms with van der Waals surface area (Å²) < 4.78 is 4.39. The summed E-state index contributed by atoms with van der Waals surface area (Å²) in [5.74, 6) is 1.50. The smallest absolute Gasteiger partial charge is 0.147 e. The highest BCUT2D eigenvalue weighted by molar-refractivity contribution is 7.11. The fourth-order valence-electron chi connectivity index (χ4n) is 2.73. The second-order valence-electron chi connectivity index (χ2n) is 5.45. The quantitative estimate of drug-likeness (QED) is 0.903. The Labute approximate surface area is 124 Å². The lowest BCUT2D eigenvalue weighted by atomic mass is 9.85. The SMILES string of the molecule is CCN(CC1CCC1)c1snc(N)c1-c1ccccc1. The van der Waals surface area contributed by atoms with E-state index in [0.717, 1.165) is 24.6 Å². The van der Waals surface area contributed by atoms with Gasteiger partial charge in [0, 0.05) is 13.1 Å². The molecule has 2 N–H and O–H groups in total. The van der Waals surface area contributed by atoms with Crippen molar-refractivity contribution in [1.82, 2.24) is 4.37 Å². The van der Waals surface area contributed by atoms with Crippen molar-refractivity contribution in [3.63, 3.8) is 0 Å². The Morgan fingerprint density at radius 1 is 1.30 bits per heavy atom. The maximum atomic E-state index is 6.12. The van der Waals surface area contributed by atoms with Crippen molar-refractivity contribution in [2.45, 2.75) is 26.2 Å². The molecule has 0 bridgehead atoms. The van der Waals surface area contributed by atoms with E-state index in [1.807, 2.05) is 6.07 Å². The number of benzene rings is 1. The van der Waals surface area contributed by atoms with Gasteiger partial charge in [0.2, 0.25) is 0 Å². The van der Waals surface area contributed by atoms with Crippen molar-refractivity contribution >= 4 is 22.4 Å². The van der Waals surface area contributed by atoms with Gasteiger partial charge in [-0.15, -0.1) is 0 Å². The zero-order valence-electron chi connectivity index (χ0n) is 11.9. The van der Waals surface area contributed by atoms with E-state index in [9.17, 15) is 0 Å². The molecule has 0 radical (unpaired) electrons. The Morgan fingerprint density at radius 3 is 2.65 bits per heavy atom. The van der Waals surface area contributed by atoms with Crippen LogP contribution in [0.4, 0.5) is 10.8 Å². The molecular weight excluding hydrogens is 266 g/mol. The standard InChI is InChI=1S/C16H21N3S/c1-2-19(11-12-7-6-8-12)16-14(15(17)18-20-16)13-9-4-3-5-10-13/h3-5,9-10,12H,2,6-8,11H2,1H3,(H2,17,18). The summed E-state index contributed by atoms with van der Waals surface area (Å²) in [6.45, 7) is 4.36. The lowest BCUT2D eigenvalue weighted by Crippen LogP contribution is -2.32. The molecule has 3 rings (SSSR count). The number of nitrogens with zero attached hydrogens (tertiary/aromatic N) is 2. The van der Waals surface area contributed by atoms with Crippen LogP contribution in [0.3, 0.4) is 0 Å². The average molecular weight is 287 g/mol. The van der Waals surface area contributed by atoms with Crippen LogP contribution >= 0.6 is 11.5 Å². The normalized spacial score (nSPS) is 15.1. The van der Waals surface area contributed by atoms with Gasteiger partial charge in [-0.25, -0.2) is 0 Å². The third-order valence-corrected chi connectivity index (χ3v) is 5.06. The first kappa shape index (κ1) is 13.4. The highest BCUT2D eigenvalue weighted by Crippen LogP contribution is 2.40. The van der Waals surface area contributed by atoms with Gasteiger partial charge >= 0.3 is 0 Å². The van der Waals surface area contributed by atoms with E-state index < -0.39 is 0 Å². The van der Waals surface area contributed by atoms with Crippen molar-refractivity contribution < 1.29 is 0 Å². The van der Waals surface area contributed by atoms with Gasteiger partial charge in [-0.1, -0.05) is 36.8 Å². The molecule has 0 saturated heterocycles. The predicted octanol–water partition coefficient (Wildman–Crippen LogP) is 4.02. The van der Waals surface area contributed by atoms with Crippen molar-refractivity contribution in [2.24, 2.45) is 5.92 Å². The highest BCUT2D eigenvalue weighted by atomic mass is 32.1. The van der Waals surface area contributed by atoms with E-state index in [1.165, 1.54) is 41.4 Å². The molecule has 0 aliphatic heterocycles. The Hall–Kier alpha value is -1.55. The molecular formula is C16H21N3S. The van der Waals surface area contributed by atoms with Gasteiger partial charge in [0.1, 0.15) is 10.8 Å². The molecule has 1 heterocycles. The molecule has 3 nitrogen and oxygen atoms in total. The van der Waals surface area contributed by atoms with Gasteiger partial charge in [-0.05, 0) is 42.8 Å². The van der Waals surface area contributed by atoms with Gasteiger partial charge in [0.05, 0.1) is 5.56 Å². The Kier molecular flexibility index (Phi) is 3.92. The molecule has 1 aromatic carbocycles. The third kappa shape index (κ3) is 2.52. The Morgan fingerprint density at radius 2 is 2.05 bits per heavy atom. The molecule has 1 saturated carbocycles. The largest absolute Gasteiger partial charge is 0.382 e. The van der Waals surface area contributed by atoms with Gasteiger partial charge < -0.3 is 10.6 Å². The first-order valence-electron chi connectivity index (χ1n) is 7.35. The van der Waals surface area contributed by atoms with Crippen molar-refractivity contribution in [3.05, 3.63) is 30.3 Å². The lowest BCUT2D eigenvalue weighted by Gasteiger charge is -2.32. The fourth-order valence-corrected chi connectivity index (χ4v) is 3.64. The first-order valence-corrected chi connectivity index (χ1v) is 8.12. The number of rotatable bonds is 5. The van der Waals surface area contributed by atoms with Gasteiger partial charge in [-0.2, -0.15) is 4.37 Å². The number of aromatic nitrogens is 1. The maximum Gasteiger partial charge on any atom is 0.147 e. The molecule has 106 valence electrons. The topological polar surface area (TPSA) is 42.2 Å². The van der Waals surface area contributed by atoms with Gasteiger partial charge in [-0.3, -0.25) is 0 Å². The monoisotopic (exact) mass is 287 g/mol. The molecule has 0 atom stereocenters. The molecule has 1 aliphatic carbocycles. The van der Waals surface area contributed by atoms with Gasteiger partial charge in [0.15, 0.2) is 0 Å². The Balaban J connectivity index is 1.92. The molecule has 4 heteroatoms. The van der Waals surface area contributed by atoms with Crippen LogP contribution in [-0.2, 0) is 0 Å². The van der Waals surface area contributed by atoms with E-state index in [2.05, 4.69) is 40.5 Å². The molecule has 1 aromatic heterocycles. The van der Waals surface area contributed by atoms with Crippen LogP contribution in [0.25, 0.3) is 11.1 Å². The second kappa shape index (κ2) is 5.83. The van der Waals surface area contributed by atoms with E-state index in [-0.39, 0.29) is 0 Å². The number of nitrogens with two attached hydrogens (primary N) is 1. The second-order valence-corrected chi connectivity index (χ2v) is 6.20. The summed E-state index contributed by atoms with van der Waals surface area (Å²) in [4.78, 5) is 2.44. The summed E-state index contributed by atoms with van der Waals surface area (Å²) in [6.07, 6.45) is 4.12. The summed E-state index contributed by atoms with van der Waals surface area (Å²) in [6, 6.07) is 10.4. The minimum Gasteiger partial charge on any atom is -0.382 e. The molecule has 0 unspecified atom stereocenters. The number of hydrogen-bond donors (Lipinski definition) is 1. The molecule has 2 aromatic rings. The molecule has 20 heavy (non-hydrogen) atoms. The molecule has 1 aliphatic rings. The van der Waals surface area contributed by atoms with E-state index in [1.54, 1.807) is 0 Å². The van der Waals surface area contributed by atoms with Crippen molar-refractivity contribution in [3.8, 4) is 11.1 Å². The van der Waals surface area contributed by atoms with Crippen molar-refractivity contribution in [2.75, 3.05) is 23.7 Å². The number of nitrogen functional groups attached to an aromatic ring is 1. The number of hydrogen-bond acceptors (Lipinski definition) is 4. The van der Waals surface area contributed by atoms with Crippen LogP contribution in [-0.4, -0.2) is 17.5 Å². The van der Waals surface area contributed by atoms with Crippen LogP contribution in [0.2, 0.25) is 0 Å². The van der Waals surface area contributed by atoms with Crippen molar-refractivity contribution in [1.29, 1.82) is 0 Å². The van der Waals surface area contributed by atoms with E-state index in [4.69, 9.17) is 5.73 Å². The van der Waals surface area contributed by atoms with E-state index in [0.29, 0.717) is 5.82 Å².